The van der Waals surface area contributed by atoms with E-state index in [1.54, 1.807) is 0 Å². The number of benzene rings is 3. The summed E-state index contributed by atoms with van der Waals surface area (Å²) in [6, 6.07) is 22.2. The molecule has 1 aromatic heterocycles. The summed E-state index contributed by atoms with van der Waals surface area (Å²) in [6.45, 7) is 8.24. The summed E-state index contributed by atoms with van der Waals surface area (Å²) in [7, 11) is 0. The van der Waals surface area contributed by atoms with Gasteiger partial charge in [-0.15, -0.1) is 10.2 Å². The molecule has 3 aromatic carbocycles. The van der Waals surface area contributed by atoms with Crippen molar-refractivity contribution in [2.75, 3.05) is 11.1 Å². The molecule has 0 radical (unpaired) electrons. The molecular weight excluding hydrogens is 416 g/mol. The Bertz CT molecular complexity index is 1260. The van der Waals surface area contributed by atoms with E-state index in [-0.39, 0.29) is 11.7 Å². The highest BCUT2D eigenvalue weighted by atomic mass is 32.2. The minimum Gasteiger partial charge on any atom is -0.325 e. The Labute approximate surface area is 192 Å². The molecule has 6 heteroatoms. The summed E-state index contributed by atoms with van der Waals surface area (Å²) in [6.07, 6.45) is 0. The lowest BCUT2D eigenvalue weighted by molar-refractivity contribution is -0.113. The second-order valence-electron chi connectivity index (χ2n) is 7.86. The lowest BCUT2D eigenvalue weighted by Gasteiger charge is -2.13. The predicted molar refractivity (Wildman–Crippen MR) is 132 cm³/mol. The van der Waals surface area contributed by atoms with E-state index in [2.05, 4.69) is 47.6 Å². The first-order valence-electron chi connectivity index (χ1n) is 10.5. The van der Waals surface area contributed by atoms with Gasteiger partial charge in [0.25, 0.3) is 0 Å². The molecule has 5 nitrogen and oxygen atoms in total. The van der Waals surface area contributed by atoms with Gasteiger partial charge in [0.05, 0.1) is 11.4 Å². The maximum absolute atomic E-state index is 12.7. The van der Waals surface area contributed by atoms with E-state index in [0.717, 1.165) is 33.9 Å². The molecule has 0 aliphatic carbocycles. The molecule has 4 aromatic rings. The third-order valence-electron chi connectivity index (χ3n) is 5.63. The van der Waals surface area contributed by atoms with Gasteiger partial charge in [-0.3, -0.25) is 9.36 Å². The standard InChI is InChI=1S/C26H26N4OS/c1-17-13-14-22(15-19(17)3)30-25(21-10-6-5-7-11-21)28-29-26(30)32-16-24(31)27-23-12-8-9-18(2)20(23)4/h5-15H,16H2,1-4H3,(H,27,31). The van der Waals surface area contributed by atoms with E-state index < -0.39 is 0 Å². The van der Waals surface area contributed by atoms with Crippen LogP contribution in [0.1, 0.15) is 22.3 Å². The molecule has 0 fully saturated rings. The van der Waals surface area contributed by atoms with E-state index in [4.69, 9.17) is 0 Å². The minimum atomic E-state index is -0.0698. The van der Waals surface area contributed by atoms with E-state index in [1.807, 2.05) is 66.9 Å². The van der Waals surface area contributed by atoms with Gasteiger partial charge >= 0.3 is 0 Å². The minimum absolute atomic E-state index is 0.0698. The summed E-state index contributed by atoms with van der Waals surface area (Å²) in [5, 5.41) is 12.6. The number of nitrogens with one attached hydrogen (secondary N) is 1. The van der Waals surface area contributed by atoms with E-state index in [0.29, 0.717) is 5.16 Å². The number of thioether (sulfide) groups is 1. The largest absolute Gasteiger partial charge is 0.325 e. The Balaban J connectivity index is 1.62. The van der Waals surface area contributed by atoms with Crippen LogP contribution in [0.2, 0.25) is 0 Å². The lowest BCUT2D eigenvalue weighted by atomic mass is 10.1. The third-order valence-corrected chi connectivity index (χ3v) is 6.55. The number of hydrogen-bond donors (Lipinski definition) is 1. The molecule has 0 aliphatic rings. The van der Waals surface area contributed by atoms with Crippen LogP contribution in [0.3, 0.4) is 0 Å². The average molecular weight is 443 g/mol. The zero-order chi connectivity index (χ0) is 22.7. The van der Waals surface area contributed by atoms with Crippen LogP contribution in [0, 0.1) is 27.7 Å². The van der Waals surface area contributed by atoms with Crippen LogP contribution in [0.25, 0.3) is 17.1 Å². The van der Waals surface area contributed by atoms with Crippen LogP contribution < -0.4 is 5.32 Å². The second-order valence-corrected chi connectivity index (χ2v) is 8.80. The Morgan fingerprint density at radius 1 is 0.875 bits per heavy atom. The first-order valence-corrected chi connectivity index (χ1v) is 11.5. The highest BCUT2D eigenvalue weighted by Gasteiger charge is 2.18. The van der Waals surface area contributed by atoms with Crippen molar-refractivity contribution in [2.24, 2.45) is 0 Å². The summed E-state index contributed by atoms with van der Waals surface area (Å²) in [4.78, 5) is 12.7. The highest BCUT2D eigenvalue weighted by Crippen LogP contribution is 2.29. The Morgan fingerprint density at radius 3 is 2.41 bits per heavy atom. The second kappa shape index (κ2) is 9.40. The van der Waals surface area contributed by atoms with Gasteiger partial charge in [0, 0.05) is 11.3 Å². The normalized spacial score (nSPS) is 10.9. The fourth-order valence-electron chi connectivity index (χ4n) is 3.44. The number of rotatable bonds is 6. The Morgan fingerprint density at radius 2 is 1.66 bits per heavy atom. The van der Waals surface area contributed by atoms with Crippen molar-refractivity contribution in [1.29, 1.82) is 0 Å². The van der Waals surface area contributed by atoms with Gasteiger partial charge in [-0.25, -0.2) is 0 Å². The van der Waals surface area contributed by atoms with Gasteiger partial charge in [-0.05, 0) is 68.1 Å². The van der Waals surface area contributed by atoms with Crippen molar-refractivity contribution >= 4 is 23.4 Å². The molecule has 0 aliphatic heterocycles. The fourth-order valence-corrected chi connectivity index (χ4v) is 4.19. The third kappa shape index (κ3) is 4.60. The zero-order valence-electron chi connectivity index (χ0n) is 18.7. The van der Waals surface area contributed by atoms with Crippen molar-refractivity contribution in [3.8, 4) is 17.1 Å². The number of carbonyl (C=O) groups excluding carboxylic acids is 1. The Kier molecular flexibility index (Phi) is 6.42. The van der Waals surface area contributed by atoms with Gasteiger partial charge in [0.15, 0.2) is 11.0 Å². The molecule has 32 heavy (non-hydrogen) atoms. The average Bonchev–Trinajstić information content (AvgIpc) is 3.22. The molecule has 0 unspecified atom stereocenters. The first-order chi connectivity index (χ1) is 15.4. The topological polar surface area (TPSA) is 59.8 Å². The number of aromatic nitrogens is 3. The molecule has 4 rings (SSSR count). The van der Waals surface area contributed by atoms with Crippen LogP contribution in [0.4, 0.5) is 5.69 Å². The van der Waals surface area contributed by atoms with Crippen LogP contribution in [-0.2, 0) is 4.79 Å². The molecule has 1 heterocycles. The fraction of sp³-hybridized carbons (Fsp3) is 0.192. The van der Waals surface area contributed by atoms with Crippen molar-refractivity contribution < 1.29 is 4.79 Å². The molecule has 0 spiro atoms. The summed E-state index contributed by atoms with van der Waals surface area (Å²) in [5.41, 5.74) is 7.45. The quantitative estimate of drug-likeness (QED) is 0.378. The molecule has 0 saturated heterocycles. The van der Waals surface area contributed by atoms with Crippen LogP contribution in [0.15, 0.2) is 71.9 Å². The maximum atomic E-state index is 12.7. The molecule has 1 N–H and O–H groups in total. The van der Waals surface area contributed by atoms with Gasteiger partial charge in [-0.2, -0.15) is 0 Å². The van der Waals surface area contributed by atoms with Crippen LogP contribution in [0.5, 0.6) is 0 Å². The Hall–Kier alpha value is -3.38. The molecular formula is C26H26N4OS. The predicted octanol–water partition coefficient (Wildman–Crippen LogP) is 5.90. The maximum Gasteiger partial charge on any atom is 0.234 e. The SMILES string of the molecule is Cc1ccc(-n2c(SCC(=O)Nc3cccc(C)c3C)nnc2-c2ccccc2)cc1C. The summed E-state index contributed by atoms with van der Waals surface area (Å²) in [5.74, 6) is 0.927. The van der Waals surface area contributed by atoms with Crippen LogP contribution in [-0.4, -0.2) is 26.4 Å². The monoisotopic (exact) mass is 442 g/mol. The molecule has 0 atom stereocenters. The number of aryl methyl sites for hydroxylation is 3. The molecule has 162 valence electrons. The molecule has 1 amide bonds. The number of carbonyl (C=O) groups is 1. The zero-order valence-corrected chi connectivity index (χ0v) is 19.5. The first kappa shape index (κ1) is 21.8. The van der Waals surface area contributed by atoms with Crippen LogP contribution >= 0.6 is 11.8 Å². The van der Waals surface area contributed by atoms with E-state index in [1.165, 1.54) is 22.9 Å². The van der Waals surface area contributed by atoms with Crippen molar-refractivity contribution in [2.45, 2.75) is 32.9 Å². The number of nitrogens with zero attached hydrogens (tertiary/aromatic N) is 3. The lowest BCUT2D eigenvalue weighted by Crippen LogP contribution is -2.15. The smallest absolute Gasteiger partial charge is 0.234 e. The highest BCUT2D eigenvalue weighted by molar-refractivity contribution is 7.99. The number of amides is 1. The van der Waals surface area contributed by atoms with E-state index in [9.17, 15) is 4.79 Å². The number of hydrogen-bond acceptors (Lipinski definition) is 4. The molecule has 0 bridgehead atoms. The van der Waals surface area contributed by atoms with Crippen molar-refractivity contribution in [1.82, 2.24) is 14.8 Å². The van der Waals surface area contributed by atoms with Gasteiger partial charge in [-0.1, -0.05) is 60.3 Å². The van der Waals surface area contributed by atoms with Crippen molar-refractivity contribution in [3.05, 3.63) is 89.0 Å². The summed E-state index contributed by atoms with van der Waals surface area (Å²) >= 11 is 1.38. The van der Waals surface area contributed by atoms with Gasteiger partial charge in [0.1, 0.15) is 0 Å². The van der Waals surface area contributed by atoms with Crippen molar-refractivity contribution in [3.63, 3.8) is 0 Å². The van der Waals surface area contributed by atoms with E-state index >= 15 is 0 Å². The summed E-state index contributed by atoms with van der Waals surface area (Å²) < 4.78 is 2.03. The molecule has 0 saturated carbocycles. The van der Waals surface area contributed by atoms with Gasteiger partial charge < -0.3 is 5.32 Å². The van der Waals surface area contributed by atoms with Gasteiger partial charge in [0.2, 0.25) is 5.91 Å². The number of anilines is 1.